The molecule has 1 saturated heterocycles. The van der Waals surface area contributed by atoms with Gasteiger partial charge in [0.1, 0.15) is 0 Å². The van der Waals surface area contributed by atoms with E-state index in [1.165, 1.54) is 54.7 Å². The fourth-order valence-electron chi connectivity index (χ4n) is 3.35. The van der Waals surface area contributed by atoms with Crippen LogP contribution in [0.1, 0.15) is 36.0 Å². The highest BCUT2D eigenvalue weighted by Gasteiger charge is 2.11. The van der Waals surface area contributed by atoms with Gasteiger partial charge in [-0.1, -0.05) is 18.2 Å². The zero-order valence-electron chi connectivity index (χ0n) is 16.1. The summed E-state index contributed by atoms with van der Waals surface area (Å²) in [5.74, 6) is 0. The Morgan fingerprint density at radius 1 is 1.00 bits per heavy atom. The number of nitrogens with zero attached hydrogens (tertiary/aromatic N) is 2. The van der Waals surface area contributed by atoms with Crippen molar-refractivity contribution in [2.24, 2.45) is 0 Å². The van der Waals surface area contributed by atoms with Gasteiger partial charge in [-0.15, -0.1) is 0 Å². The van der Waals surface area contributed by atoms with Gasteiger partial charge in [-0.3, -0.25) is 0 Å². The molecule has 0 radical (unpaired) electrons. The van der Waals surface area contributed by atoms with Crippen LogP contribution in [0.5, 0.6) is 0 Å². The van der Waals surface area contributed by atoms with Crippen LogP contribution in [0, 0.1) is 13.8 Å². The Labute approximate surface area is 163 Å². The highest BCUT2D eigenvalue weighted by molar-refractivity contribution is 7.80. The summed E-state index contributed by atoms with van der Waals surface area (Å²) < 4.78 is 0. The molecule has 1 N–H and O–H groups in total. The van der Waals surface area contributed by atoms with E-state index in [0.29, 0.717) is 0 Å². The maximum absolute atomic E-state index is 5.57. The van der Waals surface area contributed by atoms with Crippen molar-refractivity contribution in [1.29, 1.82) is 0 Å². The Hall–Kier alpha value is -2.07. The first-order chi connectivity index (χ1) is 12.5. The third-order valence-electron chi connectivity index (χ3n) is 5.18. The van der Waals surface area contributed by atoms with Gasteiger partial charge in [-0.2, -0.15) is 0 Å². The van der Waals surface area contributed by atoms with E-state index < -0.39 is 0 Å². The van der Waals surface area contributed by atoms with Crippen LogP contribution in [0.25, 0.3) is 0 Å². The Balaban J connectivity index is 1.57. The minimum absolute atomic E-state index is 0.744. The van der Waals surface area contributed by atoms with Crippen LogP contribution in [-0.4, -0.2) is 30.1 Å². The van der Waals surface area contributed by atoms with Crippen molar-refractivity contribution in [3.63, 3.8) is 0 Å². The van der Waals surface area contributed by atoms with Gasteiger partial charge in [-0.05, 0) is 86.3 Å². The van der Waals surface area contributed by atoms with E-state index in [-0.39, 0.29) is 0 Å². The normalized spacial score (nSPS) is 14.2. The zero-order valence-corrected chi connectivity index (χ0v) is 16.9. The molecule has 2 aromatic rings. The lowest BCUT2D eigenvalue weighted by molar-refractivity contribution is 0.508. The number of hydrogen-bond donors (Lipinski definition) is 1. The van der Waals surface area contributed by atoms with Crippen LogP contribution in [0.4, 0.5) is 11.4 Å². The lowest BCUT2D eigenvalue weighted by Gasteiger charge is -2.29. The second kappa shape index (κ2) is 8.54. The number of thiocarbonyl (C=S) groups is 1. The first-order valence-electron chi connectivity index (χ1n) is 9.46. The molecule has 3 nitrogen and oxygen atoms in total. The van der Waals surface area contributed by atoms with Gasteiger partial charge in [0.2, 0.25) is 0 Å². The molecule has 0 amide bonds. The zero-order chi connectivity index (χ0) is 18.5. The summed E-state index contributed by atoms with van der Waals surface area (Å²) in [6, 6.07) is 15.3. The van der Waals surface area contributed by atoms with Gasteiger partial charge < -0.3 is 15.1 Å². The number of aryl methyl sites for hydroxylation is 2. The molecular formula is C22H29N3S. The third-order valence-corrected chi connectivity index (χ3v) is 5.60. The molecule has 1 aliphatic rings. The van der Waals surface area contributed by atoms with Gasteiger partial charge in [0.15, 0.2) is 5.11 Å². The maximum atomic E-state index is 5.57. The second-order valence-corrected chi connectivity index (χ2v) is 7.69. The quantitative estimate of drug-likeness (QED) is 0.756. The molecule has 1 heterocycles. The predicted octanol–water partition coefficient (Wildman–Crippen LogP) is 5.12. The van der Waals surface area contributed by atoms with Crippen molar-refractivity contribution in [3.8, 4) is 0 Å². The summed E-state index contributed by atoms with van der Waals surface area (Å²) in [7, 11) is 2.04. The summed E-state index contributed by atoms with van der Waals surface area (Å²) in [5.41, 5.74) is 6.23. The molecule has 2 aromatic carbocycles. The van der Waals surface area contributed by atoms with Crippen LogP contribution < -0.4 is 10.2 Å². The van der Waals surface area contributed by atoms with Gasteiger partial charge >= 0.3 is 0 Å². The van der Waals surface area contributed by atoms with E-state index in [2.05, 4.69) is 71.4 Å². The van der Waals surface area contributed by atoms with E-state index in [0.717, 1.165) is 17.3 Å². The fourth-order valence-corrected chi connectivity index (χ4v) is 3.53. The molecule has 4 heteroatoms. The summed E-state index contributed by atoms with van der Waals surface area (Å²) in [6.07, 6.45) is 3.98. The minimum Gasteiger partial charge on any atom is -0.372 e. The van der Waals surface area contributed by atoms with Gasteiger partial charge in [0.05, 0.1) is 0 Å². The average Bonchev–Trinajstić information content (AvgIpc) is 2.66. The molecule has 0 unspecified atom stereocenters. The summed E-state index contributed by atoms with van der Waals surface area (Å²) in [4.78, 5) is 4.57. The van der Waals surface area contributed by atoms with Gasteiger partial charge in [0.25, 0.3) is 0 Å². The van der Waals surface area contributed by atoms with Crippen molar-refractivity contribution in [3.05, 3.63) is 59.2 Å². The number of rotatable bonds is 4. The fraction of sp³-hybridized carbons (Fsp3) is 0.409. The SMILES string of the molecule is Cc1ccc(NC(=S)N(C)Cc2ccc(N3CCCCC3)cc2)cc1C. The molecule has 0 saturated carbocycles. The Kier molecular flexibility index (Phi) is 6.15. The lowest BCUT2D eigenvalue weighted by Crippen LogP contribution is -2.31. The van der Waals surface area contributed by atoms with Crippen LogP contribution in [0.2, 0.25) is 0 Å². The Bertz CT molecular complexity index is 748. The molecular weight excluding hydrogens is 338 g/mol. The van der Waals surface area contributed by atoms with Crippen molar-refractivity contribution in [2.45, 2.75) is 39.7 Å². The molecule has 0 spiro atoms. The molecule has 0 bridgehead atoms. The van der Waals surface area contributed by atoms with E-state index in [1.807, 2.05) is 7.05 Å². The summed E-state index contributed by atoms with van der Waals surface area (Å²) in [6.45, 7) is 7.41. The molecule has 3 rings (SSSR count). The number of piperidine rings is 1. The molecule has 0 atom stereocenters. The molecule has 1 aliphatic heterocycles. The smallest absolute Gasteiger partial charge is 0.173 e. The predicted molar refractivity (Wildman–Crippen MR) is 116 cm³/mol. The summed E-state index contributed by atoms with van der Waals surface area (Å²) in [5, 5.41) is 4.09. The highest BCUT2D eigenvalue weighted by atomic mass is 32.1. The number of nitrogens with one attached hydrogen (secondary N) is 1. The monoisotopic (exact) mass is 367 g/mol. The van der Waals surface area contributed by atoms with Crippen LogP contribution in [0.3, 0.4) is 0 Å². The largest absolute Gasteiger partial charge is 0.372 e. The van der Waals surface area contributed by atoms with E-state index in [1.54, 1.807) is 0 Å². The number of benzene rings is 2. The molecule has 138 valence electrons. The molecule has 0 aliphatic carbocycles. The number of anilines is 2. The number of hydrogen-bond acceptors (Lipinski definition) is 2. The standard InChI is InChI=1S/C22H29N3S/c1-17-7-10-20(15-18(17)2)23-22(26)24(3)16-19-8-11-21(12-9-19)25-13-5-4-6-14-25/h7-12,15H,4-6,13-14,16H2,1-3H3,(H,23,26). The van der Waals surface area contributed by atoms with Gasteiger partial charge in [-0.25, -0.2) is 0 Å². The van der Waals surface area contributed by atoms with Gasteiger partial charge in [0, 0.05) is 38.1 Å². The minimum atomic E-state index is 0.744. The maximum Gasteiger partial charge on any atom is 0.173 e. The molecule has 0 aromatic heterocycles. The Morgan fingerprint density at radius 3 is 2.35 bits per heavy atom. The van der Waals surface area contributed by atoms with Crippen molar-refractivity contribution >= 4 is 28.7 Å². The van der Waals surface area contributed by atoms with Crippen molar-refractivity contribution < 1.29 is 0 Å². The summed E-state index contributed by atoms with van der Waals surface area (Å²) >= 11 is 5.57. The molecule has 1 fully saturated rings. The van der Waals surface area contributed by atoms with Crippen LogP contribution in [-0.2, 0) is 6.54 Å². The Morgan fingerprint density at radius 2 is 1.69 bits per heavy atom. The second-order valence-electron chi connectivity index (χ2n) is 7.30. The highest BCUT2D eigenvalue weighted by Crippen LogP contribution is 2.21. The van der Waals surface area contributed by atoms with Crippen LogP contribution in [0.15, 0.2) is 42.5 Å². The third kappa shape index (κ3) is 4.76. The van der Waals surface area contributed by atoms with Crippen molar-refractivity contribution in [2.75, 3.05) is 30.4 Å². The average molecular weight is 368 g/mol. The topological polar surface area (TPSA) is 18.5 Å². The van der Waals surface area contributed by atoms with E-state index >= 15 is 0 Å². The first kappa shape index (κ1) is 18.7. The van der Waals surface area contributed by atoms with E-state index in [9.17, 15) is 0 Å². The lowest BCUT2D eigenvalue weighted by atomic mass is 10.1. The van der Waals surface area contributed by atoms with Crippen molar-refractivity contribution in [1.82, 2.24) is 4.90 Å². The van der Waals surface area contributed by atoms with Crippen LogP contribution >= 0.6 is 12.2 Å². The molecule has 26 heavy (non-hydrogen) atoms. The first-order valence-corrected chi connectivity index (χ1v) is 9.87. The van der Waals surface area contributed by atoms with E-state index in [4.69, 9.17) is 12.2 Å².